The summed E-state index contributed by atoms with van der Waals surface area (Å²) < 4.78 is 0. The van der Waals surface area contributed by atoms with Gasteiger partial charge < -0.3 is 52.3 Å². The average Bonchev–Trinajstić information content (AvgIpc) is 4.27. The van der Waals surface area contributed by atoms with Crippen LogP contribution in [0.15, 0.2) is 109 Å². The normalized spacial score (nSPS) is 21.4. The number of rotatable bonds is 19. The largest absolute Gasteiger partial charge is 0.347 e. The third kappa shape index (κ3) is 16.3. The minimum atomic E-state index is -1.22. The van der Waals surface area contributed by atoms with Crippen molar-refractivity contribution in [1.29, 1.82) is 0 Å². The van der Waals surface area contributed by atoms with E-state index < -0.39 is 65.9 Å². The number of nitrogens with zero attached hydrogens (tertiary/aromatic N) is 2. The van der Waals surface area contributed by atoms with E-state index in [1.807, 2.05) is 79.7 Å². The van der Waals surface area contributed by atoms with Crippen molar-refractivity contribution >= 4 is 66.2 Å². The van der Waals surface area contributed by atoms with Crippen molar-refractivity contribution in [2.45, 2.75) is 151 Å². The van der Waals surface area contributed by atoms with Gasteiger partial charge >= 0.3 is 0 Å². The summed E-state index contributed by atoms with van der Waals surface area (Å²) in [6.07, 6.45) is 5.26. The molecule has 0 saturated carbocycles. The third-order valence-corrected chi connectivity index (χ3v) is 16.0. The molecule has 4 aliphatic rings. The van der Waals surface area contributed by atoms with Gasteiger partial charge in [-0.3, -0.25) is 33.6 Å². The lowest BCUT2D eigenvalue weighted by Crippen LogP contribution is -2.55. The molecule has 2 aliphatic heterocycles. The number of nitrogens with one attached hydrogen (secondary N) is 8. The number of likely N-dealkylation sites (N-methyl/N-ethyl adjacent to an activating group) is 2. The van der Waals surface area contributed by atoms with E-state index in [9.17, 15) is 33.6 Å². The summed E-state index contributed by atoms with van der Waals surface area (Å²) in [7, 11) is 3.26. The Labute approximate surface area is 494 Å². The van der Waals surface area contributed by atoms with Crippen molar-refractivity contribution in [3.05, 3.63) is 143 Å². The zero-order valence-corrected chi connectivity index (χ0v) is 48.9. The number of likely N-dealkylation sites (tertiary alicyclic amines) is 2. The summed E-state index contributed by atoms with van der Waals surface area (Å²) in [5, 5.41) is 24.7. The van der Waals surface area contributed by atoms with E-state index in [4.69, 9.17) is 0 Å². The smallest absolute Gasteiger partial charge is 0.251 e. The van der Waals surface area contributed by atoms with E-state index in [1.54, 1.807) is 57.1 Å². The highest BCUT2D eigenvalue weighted by Gasteiger charge is 2.45. The fourth-order valence-corrected chi connectivity index (χ4v) is 11.3. The number of carbonyl (C=O) groups excluding carboxylic acids is 7. The Kier molecular flexibility index (Phi) is 23.9. The molecule has 1 unspecified atom stereocenters. The van der Waals surface area contributed by atoms with Crippen LogP contribution in [0.1, 0.15) is 128 Å². The Morgan fingerprint density at radius 2 is 0.976 bits per heavy atom. The standard InChI is InChI=1S/C63H76N10O7.2ClH/c1-40(43-22-10-8-11-23-43)66-47-36-55(60(77)68-51-34-20-28-44-24-16-18-30-49(44)51)72(38-47)62(79)53(70-57(74)41(2)64-4)32-14-6-7-15-33-54(71-58(75)42(3)65-5)63(80)73-39-48(67-59(76)46-26-12-9-13-27-46)37-56(73)61(78)69-52-35-21-29-45-25-17-19-31-50(45)52;;/h8-13,16-19,22-27,30-31,40-42,47-48,51-56,64-66H,20-21,28-29,32-39H2,1-5H3,(H,67,76)(H,68,77)(H,69,78)(H,70,74)(H,71,75);2*1H/t40?,41-,42-,47-,48-,51+,52+,53-,54-,55-,56-;;/m0../s1. The van der Waals surface area contributed by atoms with Gasteiger partial charge in [0.2, 0.25) is 35.4 Å². The predicted octanol–water partition coefficient (Wildman–Crippen LogP) is 4.91. The first-order chi connectivity index (χ1) is 38.7. The van der Waals surface area contributed by atoms with Crippen LogP contribution in [-0.4, -0.2) is 127 Å². The lowest BCUT2D eigenvalue weighted by molar-refractivity contribution is -0.141. The van der Waals surface area contributed by atoms with Crippen LogP contribution < -0.4 is 42.5 Å². The molecule has 2 saturated heterocycles. The second-order valence-corrected chi connectivity index (χ2v) is 21.5. The molecule has 0 spiro atoms. The fourth-order valence-electron chi connectivity index (χ4n) is 11.3. The van der Waals surface area contributed by atoms with Gasteiger partial charge in [-0.05, 0) is 138 Å². The molecule has 19 heteroatoms. The van der Waals surface area contributed by atoms with Gasteiger partial charge in [0.15, 0.2) is 0 Å². The Bertz CT molecular complexity index is 3000. The first kappa shape index (κ1) is 63.9. The van der Waals surface area contributed by atoms with Crippen LogP contribution in [0, 0.1) is 23.7 Å². The monoisotopic (exact) mass is 1160 g/mol. The van der Waals surface area contributed by atoms with Gasteiger partial charge in [-0.2, -0.15) is 0 Å². The number of halogens is 2. The Hall–Kier alpha value is -7.25. The molecule has 4 aromatic rings. The highest BCUT2D eigenvalue weighted by molar-refractivity contribution is 5.97. The van der Waals surface area contributed by atoms with E-state index in [1.165, 1.54) is 10.5 Å². The van der Waals surface area contributed by atoms with Crippen LogP contribution in [0.4, 0.5) is 0 Å². The molecule has 2 aliphatic carbocycles. The summed E-state index contributed by atoms with van der Waals surface area (Å²) >= 11 is 0. The number of carbonyl (C=O) groups is 7. The first-order valence-corrected chi connectivity index (χ1v) is 28.2. The van der Waals surface area contributed by atoms with E-state index in [2.05, 4.69) is 78.3 Å². The third-order valence-electron chi connectivity index (χ3n) is 16.0. The molecule has 17 nitrogen and oxygen atoms in total. The topological polar surface area (TPSA) is 222 Å². The van der Waals surface area contributed by atoms with Gasteiger partial charge in [-0.1, -0.05) is 109 Å². The van der Waals surface area contributed by atoms with Gasteiger partial charge in [0.25, 0.3) is 5.91 Å². The molecule has 0 aromatic heterocycles. The minimum absolute atomic E-state index is 0. The molecular formula is C63H78Cl2N10O7. The van der Waals surface area contributed by atoms with Crippen LogP contribution in [0.5, 0.6) is 0 Å². The summed E-state index contributed by atoms with van der Waals surface area (Å²) in [5.74, 6) is 8.59. The summed E-state index contributed by atoms with van der Waals surface area (Å²) in [5.41, 5.74) is 5.96. The zero-order chi connectivity index (χ0) is 56.7. The number of fused-ring (bicyclic) bond motifs is 2. The van der Waals surface area contributed by atoms with Gasteiger partial charge in [-0.15, -0.1) is 24.8 Å². The van der Waals surface area contributed by atoms with Crippen LogP contribution in [0.25, 0.3) is 0 Å². The van der Waals surface area contributed by atoms with Crippen molar-refractivity contribution in [3.63, 3.8) is 0 Å². The van der Waals surface area contributed by atoms with E-state index >= 15 is 0 Å². The molecule has 0 radical (unpaired) electrons. The Morgan fingerprint density at radius 3 is 1.45 bits per heavy atom. The molecule has 11 atom stereocenters. The summed E-state index contributed by atoms with van der Waals surface area (Å²) in [4.78, 5) is 102. The lowest BCUT2D eigenvalue weighted by Gasteiger charge is -2.31. The molecule has 8 rings (SSSR count). The molecule has 8 N–H and O–H groups in total. The first-order valence-electron chi connectivity index (χ1n) is 28.2. The van der Waals surface area contributed by atoms with Crippen LogP contribution in [0.3, 0.4) is 0 Å². The highest BCUT2D eigenvalue weighted by Crippen LogP contribution is 2.33. The maximum absolute atomic E-state index is 14.9. The predicted molar refractivity (Wildman–Crippen MR) is 320 cm³/mol. The molecule has 436 valence electrons. The van der Waals surface area contributed by atoms with Crippen molar-refractivity contribution in [2.75, 3.05) is 27.2 Å². The molecule has 7 amide bonds. The lowest BCUT2D eigenvalue weighted by atomic mass is 9.87. The molecule has 82 heavy (non-hydrogen) atoms. The van der Waals surface area contributed by atoms with E-state index in [0.717, 1.165) is 60.8 Å². The van der Waals surface area contributed by atoms with Crippen molar-refractivity contribution in [1.82, 2.24) is 52.3 Å². The number of benzene rings is 4. The van der Waals surface area contributed by atoms with Gasteiger partial charge in [-0.25, -0.2) is 0 Å². The summed E-state index contributed by atoms with van der Waals surface area (Å²) in [6, 6.07) is 27.8. The zero-order valence-electron chi connectivity index (χ0n) is 47.3. The van der Waals surface area contributed by atoms with E-state index in [-0.39, 0.29) is 99.1 Å². The molecule has 2 heterocycles. The number of amides is 7. The Morgan fingerprint density at radius 1 is 0.549 bits per heavy atom. The second kappa shape index (κ2) is 30.7. The minimum Gasteiger partial charge on any atom is -0.347 e. The number of hydrogen-bond donors (Lipinski definition) is 8. The van der Waals surface area contributed by atoms with Crippen molar-refractivity contribution in [3.8, 4) is 23.7 Å². The molecular weight excluding hydrogens is 1080 g/mol. The van der Waals surface area contributed by atoms with Crippen LogP contribution in [-0.2, 0) is 41.6 Å². The SMILES string of the molecule is CN[C@@H](C)C(=O)N[C@@H](CC#CC#CC[C@H](NC(=O)[C@H](C)NC)C(=O)N1C[C@@H](NC(C)c2ccccc2)C[C@H]1C(=O)N[C@@H]1CCCc2ccccc21)C(=O)N1C[C@@H](NC(=O)c2ccccc2)C[C@H]1C(=O)N[C@@H]1CCCc2ccccc21.Cl.Cl. The van der Waals surface area contributed by atoms with Crippen LogP contribution >= 0.6 is 24.8 Å². The van der Waals surface area contributed by atoms with Crippen molar-refractivity contribution in [2.24, 2.45) is 0 Å². The van der Waals surface area contributed by atoms with Gasteiger partial charge in [0.1, 0.15) is 24.2 Å². The van der Waals surface area contributed by atoms with Gasteiger partial charge in [0, 0.05) is 49.6 Å². The molecule has 4 aromatic carbocycles. The van der Waals surface area contributed by atoms with Crippen molar-refractivity contribution < 1.29 is 33.6 Å². The second-order valence-electron chi connectivity index (χ2n) is 21.5. The van der Waals surface area contributed by atoms with Crippen LogP contribution in [0.2, 0.25) is 0 Å². The average molecular weight is 1160 g/mol. The maximum Gasteiger partial charge on any atom is 0.251 e. The maximum atomic E-state index is 14.9. The quantitative estimate of drug-likeness (QED) is 0.0593. The Balaban J connectivity index is 0.00000541. The fraction of sp³-hybridized carbons (Fsp3) is 0.444. The summed E-state index contributed by atoms with van der Waals surface area (Å²) in [6.45, 7) is 5.58. The number of hydrogen-bond acceptors (Lipinski definition) is 10. The highest BCUT2D eigenvalue weighted by atomic mass is 35.5. The number of aryl methyl sites for hydroxylation is 2. The van der Waals surface area contributed by atoms with Gasteiger partial charge in [0.05, 0.1) is 24.2 Å². The van der Waals surface area contributed by atoms with E-state index in [0.29, 0.717) is 12.0 Å². The molecule has 2 fully saturated rings. The molecule has 0 bridgehead atoms.